The molecular weight excluding hydrogens is 246 g/mol. The third kappa shape index (κ3) is 4.10. The normalized spacial score (nSPS) is 13.8. The summed E-state index contributed by atoms with van der Waals surface area (Å²) in [5.74, 6) is 0.411. The van der Waals surface area contributed by atoms with Crippen molar-refractivity contribution in [3.05, 3.63) is 29.8 Å². The first-order valence-corrected chi connectivity index (χ1v) is 7.97. The zero-order chi connectivity index (χ0) is 13.8. The first-order valence-electron chi connectivity index (χ1n) is 6.49. The fraction of sp³-hybridized carbons (Fsp3) is 0.571. The Labute approximate surface area is 111 Å². The van der Waals surface area contributed by atoms with Crippen LogP contribution >= 0.6 is 0 Å². The Morgan fingerprint density at radius 1 is 1.11 bits per heavy atom. The molecule has 0 aliphatic carbocycles. The van der Waals surface area contributed by atoms with Gasteiger partial charge in [-0.25, -0.2) is 13.1 Å². The number of hydrogen-bond donors (Lipinski definition) is 1. The quantitative estimate of drug-likeness (QED) is 0.861. The van der Waals surface area contributed by atoms with E-state index >= 15 is 0 Å². The van der Waals surface area contributed by atoms with Crippen LogP contribution in [0.4, 0.5) is 0 Å². The maximum Gasteiger partial charge on any atom is 0.240 e. The van der Waals surface area contributed by atoms with Gasteiger partial charge in [-0.2, -0.15) is 0 Å². The summed E-state index contributed by atoms with van der Waals surface area (Å²) in [4.78, 5) is 0.342. The highest BCUT2D eigenvalue weighted by Gasteiger charge is 2.16. The highest BCUT2D eigenvalue weighted by atomic mass is 32.2. The zero-order valence-corrected chi connectivity index (χ0v) is 12.4. The van der Waals surface area contributed by atoms with Gasteiger partial charge in [0.05, 0.1) is 4.90 Å². The summed E-state index contributed by atoms with van der Waals surface area (Å²) in [6.45, 7) is 8.11. The van der Waals surface area contributed by atoms with Crippen molar-refractivity contribution in [2.24, 2.45) is 0 Å². The van der Waals surface area contributed by atoms with Crippen LogP contribution in [0.3, 0.4) is 0 Å². The second-order valence-corrected chi connectivity index (χ2v) is 6.75. The van der Waals surface area contributed by atoms with Crippen LogP contribution in [0.2, 0.25) is 0 Å². The second-order valence-electron chi connectivity index (χ2n) is 5.03. The van der Waals surface area contributed by atoms with Crippen molar-refractivity contribution in [3.8, 4) is 0 Å². The predicted molar refractivity (Wildman–Crippen MR) is 75.2 cm³/mol. The number of rotatable bonds is 6. The van der Waals surface area contributed by atoms with E-state index in [-0.39, 0.29) is 6.04 Å². The molecule has 1 aromatic carbocycles. The minimum atomic E-state index is -3.37. The minimum Gasteiger partial charge on any atom is -0.208 e. The fourth-order valence-corrected chi connectivity index (χ4v) is 3.13. The van der Waals surface area contributed by atoms with Gasteiger partial charge in [-0.05, 0) is 37.0 Å². The molecule has 18 heavy (non-hydrogen) atoms. The van der Waals surface area contributed by atoms with Crippen LogP contribution in [0.1, 0.15) is 52.0 Å². The van der Waals surface area contributed by atoms with Crippen molar-refractivity contribution in [2.75, 3.05) is 0 Å². The van der Waals surface area contributed by atoms with Gasteiger partial charge in [0.25, 0.3) is 0 Å². The van der Waals surface area contributed by atoms with E-state index in [4.69, 9.17) is 0 Å². The van der Waals surface area contributed by atoms with E-state index in [9.17, 15) is 8.42 Å². The molecule has 0 bridgehead atoms. The Hall–Kier alpha value is -0.870. The maximum atomic E-state index is 12.1. The largest absolute Gasteiger partial charge is 0.240 e. The highest BCUT2D eigenvalue weighted by Crippen LogP contribution is 2.17. The van der Waals surface area contributed by atoms with E-state index < -0.39 is 10.0 Å². The van der Waals surface area contributed by atoms with Crippen LogP contribution in [0.25, 0.3) is 0 Å². The van der Waals surface area contributed by atoms with Crippen molar-refractivity contribution in [1.82, 2.24) is 4.72 Å². The summed E-state index contributed by atoms with van der Waals surface area (Å²) in [6.07, 6.45) is 1.82. The van der Waals surface area contributed by atoms with Crippen molar-refractivity contribution in [1.29, 1.82) is 0 Å². The molecule has 4 heteroatoms. The van der Waals surface area contributed by atoms with E-state index in [2.05, 4.69) is 18.6 Å². The van der Waals surface area contributed by atoms with Crippen LogP contribution in [0.5, 0.6) is 0 Å². The van der Waals surface area contributed by atoms with E-state index in [0.29, 0.717) is 10.8 Å². The van der Waals surface area contributed by atoms with Crippen LogP contribution in [-0.4, -0.2) is 14.5 Å². The lowest BCUT2D eigenvalue weighted by atomic mass is 10.0. The lowest BCUT2D eigenvalue weighted by molar-refractivity contribution is 0.544. The molecule has 1 rings (SSSR count). The maximum absolute atomic E-state index is 12.1. The van der Waals surface area contributed by atoms with Crippen molar-refractivity contribution in [3.63, 3.8) is 0 Å². The topological polar surface area (TPSA) is 46.2 Å². The third-order valence-corrected chi connectivity index (χ3v) is 4.54. The Kier molecular flexibility index (Phi) is 5.35. The van der Waals surface area contributed by atoms with Gasteiger partial charge in [-0.15, -0.1) is 0 Å². The monoisotopic (exact) mass is 269 g/mol. The molecule has 0 spiro atoms. The molecule has 0 saturated carbocycles. The molecule has 1 aromatic rings. The predicted octanol–water partition coefficient (Wildman–Crippen LogP) is 3.28. The molecule has 1 unspecified atom stereocenters. The standard InChI is InChI=1S/C14H23NO2S/c1-5-6-12(4)15-18(16,17)14-9-7-13(8-10-14)11(2)3/h7-12,15H,5-6H2,1-4H3. The van der Waals surface area contributed by atoms with Crippen LogP contribution in [0, 0.1) is 0 Å². The summed E-state index contributed by atoms with van der Waals surface area (Å²) >= 11 is 0. The first-order chi connectivity index (χ1) is 8.36. The van der Waals surface area contributed by atoms with E-state index in [1.54, 1.807) is 12.1 Å². The van der Waals surface area contributed by atoms with Crippen LogP contribution in [-0.2, 0) is 10.0 Å². The van der Waals surface area contributed by atoms with E-state index in [1.807, 2.05) is 26.0 Å². The summed E-state index contributed by atoms with van der Waals surface area (Å²) in [6, 6.07) is 7.09. The number of hydrogen-bond acceptors (Lipinski definition) is 2. The average Bonchev–Trinajstić information content (AvgIpc) is 2.28. The molecule has 0 heterocycles. The molecule has 0 radical (unpaired) electrons. The van der Waals surface area contributed by atoms with E-state index in [1.165, 1.54) is 0 Å². The summed E-state index contributed by atoms with van der Waals surface area (Å²) in [5.41, 5.74) is 1.15. The van der Waals surface area contributed by atoms with Gasteiger partial charge in [0.1, 0.15) is 0 Å². The smallest absolute Gasteiger partial charge is 0.208 e. The summed E-state index contributed by atoms with van der Waals surface area (Å²) in [7, 11) is -3.37. The van der Waals surface area contributed by atoms with Crippen LogP contribution < -0.4 is 4.72 Å². The molecule has 102 valence electrons. The van der Waals surface area contributed by atoms with Crippen molar-refractivity contribution in [2.45, 2.75) is 57.4 Å². The summed E-state index contributed by atoms with van der Waals surface area (Å²) < 4.78 is 26.9. The molecule has 0 fully saturated rings. The van der Waals surface area contributed by atoms with Crippen molar-refractivity contribution >= 4 is 10.0 Å². The fourth-order valence-electron chi connectivity index (χ4n) is 1.86. The molecular formula is C14H23NO2S. The van der Waals surface area contributed by atoms with E-state index in [0.717, 1.165) is 18.4 Å². The number of nitrogens with one attached hydrogen (secondary N) is 1. The highest BCUT2D eigenvalue weighted by molar-refractivity contribution is 7.89. The Bertz CT molecular complexity index is 463. The molecule has 0 aromatic heterocycles. The van der Waals surface area contributed by atoms with Gasteiger partial charge in [-0.1, -0.05) is 39.3 Å². The molecule has 3 nitrogen and oxygen atoms in total. The lowest BCUT2D eigenvalue weighted by Crippen LogP contribution is -2.32. The molecule has 0 amide bonds. The minimum absolute atomic E-state index is 0.0234. The first kappa shape index (κ1) is 15.2. The zero-order valence-electron chi connectivity index (χ0n) is 11.6. The SMILES string of the molecule is CCCC(C)NS(=O)(=O)c1ccc(C(C)C)cc1. The number of benzene rings is 1. The van der Waals surface area contributed by atoms with Crippen molar-refractivity contribution < 1.29 is 8.42 Å². The molecule has 1 atom stereocenters. The third-order valence-electron chi connectivity index (χ3n) is 2.94. The Morgan fingerprint density at radius 3 is 2.11 bits per heavy atom. The average molecular weight is 269 g/mol. The molecule has 1 N–H and O–H groups in total. The summed E-state index contributed by atoms with van der Waals surface area (Å²) in [5, 5.41) is 0. The number of sulfonamides is 1. The van der Waals surface area contributed by atoms with Gasteiger partial charge >= 0.3 is 0 Å². The Balaban J connectivity index is 2.85. The van der Waals surface area contributed by atoms with Gasteiger partial charge < -0.3 is 0 Å². The van der Waals surface area contributed by atoms with Gasteiger partial charge in [0, 0.05) is 6.04 Å². The Morgan fingerprint density at radius 2 is 1.67 bits per heavy atom. The van der Waals surface area contributed by atoms with Gasteiger partial charge in [0.15, 0.2) is 0 Å². The van der Waals surface area contributed by atoms with Gasteiger partial charge in [-0.3, -0.25) is 0 Å². The van der Waals surface area contributed by atoms with Gasteiger partial charge in [0.2, 0.25) is 10.0 Å². The molecule has 0 aliphatic rings. The second kappa shape index (κ2) is 6.34. The lowest BCUT2D eigenvalue weighted by Gasteiger charge is -2.14. The molecule has 0 saturated heterocycles. The molecule has 0 aliphatic heterocycles. The van der Waals surface area contributed by atoms with Crippen LogP contribution in [0.15, 0.2) is 29.2 Å².